The van der Waals surface area contributed by atoms with Gasteiger partial charge in [0.2, 0.25) is 0 Å². The van der Waals surface area contributed by atoms with Gasteiger partial charge in [-0.15, -0.1) is 0 Å². The summed E-state index contributed by atoms with van der Waals surface area (Å²) >= 11 is 0. The van der Waals surface area contributed by atoms with Gasteiger partial charge >= 0.3 is 0 Å². The first kappa shape index (κ1) is 27.8. The molecule has 0 bridgehead atoms. The van der Waals surface area contributed by atoms with Gasteiger partial charge in [0.15, 0.2) is 5.82 Å². The number of rotatable bonds is 5. The van der Waals surface area contributed by atoms with E-state index >= 15 is 0 Å². The van der Waals surface area contributed by atoms with E-state index in [1.165, 1.54) is 22.3 Å². The van der Waals surface area contributed by atoms with Crippen LogP contribution in [0.1, 0.15) is 0 Å². The van der Waals surface area contributed by atoms with Crippen molar-refractivity contribution in [3.05, 3.63) is 170 Å². The molecule has 4 nitrogen and oxygen atoms in total. The summed E-state index contributed by atoms with van der Waals surface area (Å²) in [7, 11) is 0. The maximum atomic E-state index is 5.35. The largest absolute Gasteiger partial charge is 0.252 e. The number of hydrogen-bond acceptors (Lipinski definition) is 4. The van der Waals surface area contributed by atoms with Crippen molar-refractivity contribution < 1.29 is 0 Å². The second-order valence-electron chi connectivity index (χ2n) is 11.9. The Morgan fingerprint density at radius 2 is 0.896 bits per heavy atom. The molecule has 0 atom stereocenters. The average Bonchev–Trinajstić information content (AvgIpc) is 3.18. The Labute approximate surface area is 278 Å². The Morgan fingerprint density at radius 1 is 0.354 bits per heavy atom. The van der Waals surface area contributed by atoms with Crippen molar-refractivity contribution in [3.63, 3.8) is 0 Å². The SMILES string of the molecule is c1ccc(-c2ccc(-c3ccc4c(-c5ncc6c(n5)c(-c5ccccc5)c(-c5ccccc5)c5nccnc56)cccc4c3)cc2)cc1. The monoisotopic (exact) mass is 612 g/mol. The van der Waals surface area contributed by atoms with E-state index in [1.54, 1.807) is 12.4 Å². The molecule has 0 saturated carbocycles. The van der Waals surface area contributed by atoms with E-state index in [9.17, 15) is 0 Å². The van der Waals surface area contributed by atoms with Crippen LogP contribution < -0.4 is 0 Å². The van der Waals surface area contributed by atoms with Crippen LogP contribution in [0.3, 0.4) is 0 Å². The van der Waals surface area contributed by atoms with Crippen LogP contribution in [0.15, 0.2) is 170 Å². The Balaban J connectivity index is 1.22. The second-order valence-corrected chi connectivity index (χ2v) is 11.9. The molecule has 0 radical (unpaired) electrons. The zero-order valence-electron chi connectivity index (χ0n) is 26.0. The first-order valence-corrected chi connectivity index (χ1v) is 16.1. The van der Waals surface area contributed by atoms with Crippen LogP contribution in [-0.2, 0) is 0 Å². The lowest BCUT2D eigenvalue weighted by atomic mass is 9.90. The van der Waals surface area contributed by atoms with Gasteiger partial charge in [0.05, 0.1) is 11.0 Å². The third kappa shape index (κ3) is 4.79. The van der Waals surface area contributed by atoms with E-state index in [2.05, 4.69) is 133 Å². The van der Waals surface area contributed by atoms with E-state index < -0.39 is 0 Å². The summed E-state index contributed by atoms with van der Waals surface area (Å²) in [6.45, 7) is 0. The quantitative estimate of drug-likeness (QED) is 0.181. The Morgan fingerprint density at radius 3 is 1.56 bits per heavy atom. The van der Waals surface area contributed by atoms with Crippen LogP contribution in [0.2, 0.25) is 0 Å². The third-order valence-corrected chi connectivity index (χ3v) is 9.04. The Bertz CT molecular complexity index is 2580. The van der Waals surface area contributed by atoms with Crippen molar-refractivity contribution in [2.75, 3.05) is 0 Å². The Kier molecular flexibility index (Phi) is 6.76. The fourth-order valence-corrected chi connectivity index (χ4v) is 6.75. The molecule has 0 aliphatic rings. The van der Waals surface area contributed by atoms with Gasteiger partial charge in [0.1, 0.15) is 5.52 Å². The van der Waals surface area contributed by atoms with Crippen LogP contribution in [0.4, 0.5) is 0 Å². The standard InChI is InChI=1S/C44H28N4/c1-4-11-29(12-5-1)30-19-21-31(22-20-30)34-23-24-36-35(27-34)17-10-18-37(36)44-47-28-38-41(48-44)39(32-13-6-2-7-14-32)40(33-15-8-3-9-16-33)43-42(38)45-25-26-46-43/h1-28H. The van der Waals surface area contributed by atoms with Crippen molar-refractivity contribution in [2.45, 2.75) is 0 Å². The number of nitrogens with zero attached hydrogens (tertiary/aromatic N) is 4. The zero-order valence-corrected chi connectivity index (χ0v) is 26.0. The smallest absolute Gasteiger partial charge is 0.160 e. The molecule has 9 aromatic rings. The number of hydrogen-bond donors (Lipinski definition) is 0. The highest BCUT2D eigenvalue weighted by Gasteiger charge is 2.21. The molecule has 0 amide bonds. The topological polar surface area (TPSA) is 51.6 Å². The lowest BCUT2D eigenvalue weighted by Crippen LogP contribution is -1.99. The number of aromatic nitrogens is 4. The van der Waals surface area contributed by atoms with Crippen LogP contribution in [0.25, 0.3) is 88.6 Å². The highest BCUT2D eigenvalue weighted by molar-refractivity contribution is 6.18. The highest BCUT2D eigenvalue weighted by atomic mass is 14.9. The summed E-state index contributed by atoms with van der Waals surface area (Å²) in [5, 5.41) is 3.12. The van der Waals surface area contributed by atoms with Crippen LogP contribution >= 0.6 is 0 Å². The first-order chi connectivity index (χ1) is 23.8. The van der Waals surface area contributed by atoms with Crippen LogP contribution in [-0.4, -0.2) is 19.9 Å². The predicted octanol–water partition coefficient (Wildman–Crippen LogP) is 11.1. The average molecular weight is 613 g/mol. The molecule has 0 spiro atoms. The van der Waals surface area contributed by atoms with Crippen molar-refractivity contribution in [1.82, 2.24) is 19.9 Å². The molecule has 4 heteroatoms. The third-order valence-electron chi connectivity index (χ3n) is 9.04. The van der Waals surface area contributed by atoms with Crippen molar-refractivity contribution in [1.29, 1.82) is 0 Å². The minimum atomic E-state index is 0.674. The molecule has 0 N–H and O–H groups in total. The molecular formula is C44H28N4. The van der Waals surface area contributed by atoms with Gasteiger partial charge in [-0.3, -0.25) is 9.97 Å². The normalized spacial score (nSPS) is 11.3. The van der Waals surface area contributed by atoms with E-state index in [0.29, 0.717) is 5.82 Å². The summed E-state index contributed by atoms with van der Waals surface area (Å²) in [5.74, 6) is 0.674. The molecule has 224 valence electrons. The molecule has 48 heavy (non-hydrogen) atoms. The molecule has 0 aliphatic carbocycles. The van der Waals surface area contributed by atoms with Crippen molar-refractivity contribution in [2.24, 2.45) is 0 Å². The van der Waals surface area contributed by atoms with E-state index in [1.807, 2.05) is 24.4 Å². The van der Waals surface area contributed by atoms with Crippen LogP contribution in [0.5, 0.6) is 0 Å². The molecule has 0 saturated heterocycles. The highest BCUT2D eigenvalue weighted by Crippen LogP contribution is 2.43. The molecule has 7 aromatic carbocycles. The molecule has 0 unspecified atom stereocenters. The minimum absolute atomic E-state index is 0.674. The van der Waals surface area contributed by atoms with E-state index in [-0.39, 0.29) is 0 Å². The summed E-state index contributed by atoms with van der Waals surface area (Å²) in [6, 6.07) is 53.1. The molecule has 2 heterocycles. The maximum absolute atomic E-state index is 5.35. The van der Waals surface area contributed by atoms with Gasteiger partial charge in [-0.1, -0.05) is 146 Å². The lowest BCUT2D eigenvalue weighted by Gasteiger charge is -2.17. The fraction of sp³-hybridized carbons (Fsp3) is 0. The van der Waals surface area contributed by atoms with Crippen LogP contribution in [0, 0.1) is 0 Å². The summed E-state index contributed by atoms with van der Waals surface area (Å²) in [5.41, 5.74) is 12.4. The minimum Gasteiger partial charge on any atom is -0.252 e. The lowest BCUT2D eigenvalue weighted by molar-refractivity contribution is 1.23. The van der Waals surface area contributed by atoms with Gasteiger partial charge < -0.3 is 0 Å². The predicted molar refractivity (Wildman–Crippen MR) is 197 cm³/mol. The molecular weight excluding hydrogens is 585 g/mol. The van der Waals surface area contributed by atoms with Crippen molar-refractivity contribution in [3.8, 4) is 55.9 Å². The first-order valence-electron chi connectivity index (χ1n) is 16.1. The van der Waals surface area contributed by atoms with E-state index in [4.69, 9.17) is 19.9 Å². The van der Waals surface area contributed by atoms with Gasteiger partial charge in [-0.2, -0.15) is 0 Å². The van der Waals surface area contributed by atoms with E-state index in [0.717, 1.165) is 60.5 Å². The number of benzene rings is 7. The summed E-state index contributed by atoms with van der Waals surface area (Å²) < 4.78 is 0. The van der Waals surface area contributed by atoms with Gasteiger partial charge in [-0.05, 0) is 50.2 Å². The van der Waals surface area contributed by atoms with Crippen molar-refractivity contribution >= 4 is 32.7 Å². The fourth-order valence-electron chi connectivity index (χ4n) is 6.75. The molecule has 0 fully saturated rings. The zero-order chi connectivity index (χ0) is 31.9. The second kappa shape index (κ2) is 11.7. The van der Waals surface area contributed by atoms with Gasteiger partial charge in [0.25, 0.3) is 0 Å². The maximum Gasteiger partial charge on any atom is 0.160 e. The summed E-state index contributed by atoms with van der Waals surface area (Å²) in [4.78, 5) is 20.0. The molecule has 2 aromatic heterocycles. The summed E-state index contributed by atoms with van der Waals surface area (Å²) in [6.07, 6.45) is 5.41. The van der Waals surface area contributed by atoms with Gasteiger partial charge in [-0.25, -0.2) is 9.97 Å². The van der Waals surface area contributed by atoms with Gasteiger partial charge in [0, 0.05) is 40.7 Å². The molecule has 9 rings (SSSR count). The Hall–Kier alpha value is -6.52. The number of fused-ring (bicyclic) bond motifs is 4. The molecule has 0 aliphatic heterocycles.